The summed E-state index contributed by atoms with van der Waals surface area (Å²) < 4.78 is 27.1. The topological polar surface area (TPSA) is 67.9 Å². The minimum Gasteiger partial charge on any atom is -0.340 e. The van der Waals surface area contributed by atoms with Gasteiger partial charge < -0.3 is 4.90 Å². The maximum Gasteiger partial charge on any atom is 0.150 e. The first-order valence-electron chi connectivity index (χ1n) is 4.57. The molecule has 6 heteroatoms. The Morgan fingerprint density at radius 1 is 1.18 bits per heavy atom. The second-order valence-corrected chi connectivity index (χ2v) is 3.12. The van der Waals surface area contributed by atoms with Gasteiger partial charge in [0.15, 0.2) is 0 Å². The van der Waals surface area contributed by atoms with Crippen molar-refractivity contribution in [2.24, 2.45) is 0 Å². The van der Waals surface area contributed by atoms with Gasteiger partial charge in [0, 0.05) is 5.56 Å². The molecule has 0 bridgehead atoms. The maximum absolute atomic E-state index is 13.5. The molecule has 0 heterocycles. The van der Waals surface area contributed by atoms with Crippen LogP contribution in [0.2, 0.25) is 0 Å². The molecule has 0 aromatic heterocycles. The van der Waals surface area contributed by atoms with Crippen LogP contribution in [0.15, 0.2) is 12.1 Å². The lowest BCUT2D eigenvalue weighted by atomic mass is 10.2. The number of halogens is 2. The smallest absolute Gasteiger partial charge is 0.150 e. The standard InChI is InChI=1S/C11H7F2N3O/c12-9-5-8(7-17)6-10(13)11(9)16(3-1-14)4-2-15/h5-7H,3-4H2. The van der Waals surface area contributed by atoms with Gasteiger partial charge in [-0.05, 0) is 12.1 Å². The number of rotatable bonds is 4. The molecule has 17 heavy (non-hydrogen) atoms. The highest BCUT2D eigenvalue weighted by atomic mass is 19.1. The van der Waals surface area contributed by atoms with E-state index in [2.05, 4.69) is 0 Å². The third kappa shape index (κ3) is 2.76. The zero-order chi connectivity index (χ0) is 12.8. The molecular formula is C11H7F2N3O. The quantitative estimate of drug-likeness (QED) is 0.587. The molecule has 86 valence electrons. The zero-order valence-electron chi connectivity index (χ0n) is 8.65. The molecule has 1 aromatic rings. The number of anilines is 1. The third-order valence-corrected chi connectivity index (χ3v) is 2.01. The first-order chi connectivity index (χ1) is 8.13. The Balaban J connectivity index is 3.25. The third-order valence-electron chi connectivity index (χ3n) is 2.01. The number of benzene rings is 1. The lowest BCUT2D eigenvalue weighted by molar-refractivity contribution is 0.112. The van der Waals surface area contributed by atoms with Crippen LogP contribution < -0.4 is 4.90 Å². The van der Waals surface area contributed by atoms with Crippen LogP contribution >= 0.6 is 0 Å². The molecule has 1 aromatic carbocycles. The van der Waals surface area contributed by atoms with E-state index in [9.17, 15) is 13.6 Å². The molecule has 0 amide bonds. The molecule has 0 aliphatic rings. The Morgan fingerprint density at radius 2 is 1.65 bits per heavy atom. The molecule has 0 aliphatic carbocycles. The van der Waals surface area contributed by atoms with Gasteiger partial charge in [-0.15, -0.1) is 0 Å². The Morgan fingerprint density at radius 3 is 2.00 bits per heavy atom. The van der Waals surface area contributed by atoms with E-state index in [0.29, 0.717) is 6.29 Å². The van der Waals surface area contributed by atoms with E-state index >= 15 is 0 Å². The Kier molecular flexibility index (Phi) is 4.13. The van der Waals surface area contributed by atoms with Crippen LogP contribution in [-0.2, 0) is 0 Å². The Labute approximate surface area is 96.3 Å². The van der Waals surface area contributed by atoms with Crippen molar-refractivity contribution in [3.63, 3.8) is 0 Å². The van der Waals surface area contributed by atoms with Gasteiger partial charge >= 0.3 is 0 Å². The van der Waals surface area contributed by atoms with Crippen LogP contribution in [0.25, 0.3) is 0 Å². The first-order valence-corrected chi connectivity index (χ1v) is 4.57. The largest absolute Gasteiger partial charge is 0.340 e. The molecular weight excluding hydrogens is 228 g/mol. The van der Waals surface area contributed by atoms with Crippen molar-refractivity contribution in [3.8, 4) is 12.1 Å². The average Bonchev–Trinajstić information content (AvgIpc) is 2.28. The van der Waals surface area contributed by atoms with Crippen LogP contribution in [0.5, 0.6) is 0 Å². The molecule has 4 nitrogen and oxygen atoms in total. The summed E-state index contributed by atoms with van der Waals surface area (Å²) in [6.07, 6.45) is 0.314. The fourth-order valence-corrected chi connectivity index (χ4v) is 1.34. The number of nitriles is 2. The number of hydrogen-bond donors (Lipinski definition) is 0. The summed E-state index contributed by atoms with van der Waals surface area (Å²) in [5.74, 6) is -1.95. The monoisotopic (exact) mass is 235 g/mol. The predicted molar refractivity (Wildman–Crippen MR) is 55.2 cm³/mol. The van der Waals surface area contributed by atoms with Gasteiger partial charge in [-0.2, -0.15) is 10.5 Å². The van der Waals surface area contributed by atoms with Gasteiger partial charge in [-0.3, -0.25) is 4.79 Å². The van der Waals surface area contributed by atoms with E-state index in [1.807, 2.05) is 0 Å². The van der Waals surface area contributed by atoms with Crippen molar-refractivity contribution in [2.45, 2.75) is 0 Å². The average molecular weight is 235 g/mol. The number of hydrogen-bond acceptors (Lipinski definition) is 4. The molecule has 0 unspecified atom stereocenters. The van der Waals surface area contributed by atoms with Gasteiger partial charge in [0.05, 0.1) is 12.1 Å². The lowest BCUT2D eigenvalue weighted by Crippen LogP contribution is -2.26. The second kappa shape index (κ2) is 5.57. The van der Waals surface area contributed by atoms with Gasteiger partial charge in [0.2, 0.25) is 0 Å². The number of carbonyl (C=O) groups excluding carboxylic acids is 1. The molecule has 0 atom stereocenters. The molecule has 0 spiro atoms. The Bertz CT molecular complexity index is 477. The minimum absolute atomic E-state index is 0.141. The normalized spacial score (nSPS) is 9.18. The zero-order valence-corrected chi connectivity index (χ0v) is 8.65. The van der Waals surface area contributed by atoms with Gasteiger partial charge in [0.25, 0.3) is 0 Å². The van der Waals surface area contributed by atoms with Crippen LogP contribution in [-0.4, -0.2) is 19.4 Å². The summed E-state index contributed by atoms with van der Waals surface area (Å²) in [7, 11) is 0. The molecule has 0 aliphatic heterocycles. The highest BCUT2D eigenvalue weighted by Crippen LogP contribution is 2.24. The number of aldehydes is 1. The summed E-state index contributed by atoms with van der Waals surface area (Å²) in [6.45, 7) is -0.635. The van der Waals surface area contributed by atoms with E-state index < -0.39 is 17.3 Å². The van der Waals surface area contributed by atoms with Crippen molar-refractivity contribution in [1.29, 1.82) is 10.5 Å². The van der Waals surface area contributed by atoms with Crippen molar-refractivity contribution in [3.05, 3.63) is 29.3 Å². The summed E-state index contributed by atoms with van der Waals surface area (Å²) in [5, 5.41) is 17.0. The van der Waals surface area contributed by atoms with E-state index in [1.54, 1.807) is 12.1 Å². The van der Waals surface area contributed by atoms with Crippen LogP contribution in [0.3, 0.4) is 0 Å². The second-order valence-electron chi connectivity index (χ2n) is 3.12. The van der Waals surface area contributed by atoms with Gasteiger partial charge in [-0.1, -0.05) is 0 Å². The van der Waals surface area contributed by atoms with Crippen LogP contribution in [0.1, 0.15) is 10.4 Å². The molecule has 0 saturated carbocycles. The number of carbonyl (C=O) groups is 1. The summed E-state index contributed by atoms with van der Waals surface area (Å²) in [6, 6.07) is 5.12. The van der Waals surface area contributed by atoms with E-state index in [4.69, 9.17) is 10.5 Å². The Hall–Kier alpha value is -2.47. The molecule has 0 radical (unpaired) electrons. The lowest BCUT2D eigenvalue weighted by Gasteiger charge is -2.19. The van der Waals surface area contributed by atoms with Crippen LogP contribution in [0, 0.1) is 34.3 Å². The first kappa shape index (κ1) is 12.6. The van der Waals surface area contributed by atoms with Crippen LogP contribution in [0.4, 0.5) is 14.5 Å². The van der Waals surface area contributed by atoms with Crippen molar-refractivity contribution < 1.29 is 13.6 Å². The summed E-state index contributed by atoms with van der Waals surface area (Å²) in [5.41, 5.74) is -0.615. The van der Waals surface area contributed by atoms with Crippen molar-refractivity contribution in [1.82, 2.24) is 0 Å². The van der Waals surface area contributed by atoms with E-state index in [1.165, 1.54) is 0 Å². The molecule has 1 rings (SSSR count). The fourth-order valence-electron chi connectivity index (χ4n) is 1.34. The summed E-state index contributed by atoms with van der Waals surface area (Å²) >= 11 is 0. The molecule has 0 saturated heterocycles. The highest BCUT2D eigenvalue weighted by Gasteiger charge is 2.17. The van der Waals surface area contributed by atoms with Gasteiger partial charge in [0.1, 0.15) is 36.7 Å². The predicted octanol–water partition coefficient (Wildman–Crippen LogP) is 1.63. The molecule has 0 fully saturated rings. The van der Waals surface area contributed by atoms with Gasteiger partial charge in [-0.25, -0.2) is 8.78 Å². The van der Waals surface area contributed by atoms with Crippen molar-refractivity contribution in [2.75, 3.05) is 18.0 Å². The van der Waals surface area contributed by atoms with Crippen molar-refractivity contribution >= 4 is 12.0 Å². The summed E-state index contributed by atoms with van der Waals surface area (Å²) in [4.78, 5) is 11.3. The minimum atomic E-state index is -0.974. The molecule has 0 N–H and O–H groups in total. The number of nitrogens with zero attached hydrogens (tertiary/aromatic N) is 3. The SMILES string of the molecule is N#CCN(CC#N)c1c(F)cc(C=O)cc1F. The van der Waals surface area contributed by atoms with E-state index in [-0.39, 0.29) is 18.7 Å². The highest BCUT2D eigenvalue weighted by molar-refractivity contribution is 5.76. The fraction of sp³-hybridized carbons (Fsp3) is 0.182. The maximum atomic E-state index is 13.5. The van der Waals surface area contributed by atoms with E-state index in [0.717, 1.165) is 17.0 Å².